The van der Waals surface area contributed by atoms with E-state index in [1.807, 2.05) is 4.90 Å². The predicted octanol–water partition coefficient (Wildman–Crippen LogP) is 2.72. The number of ether oxygens (including phenoxy) is 2. The third kappa shape index (κ3) is 3.77. The summed E-state index contributed by atoms with van der Waals surface area (Å²) in [6.45, 7) is 0.136. The van der Waals surface area contributed by atoms with Gasteiger partial charge in [-0.15, -0.1) is 0 Å². The summed E-state index contributed by atoms with van der Waals surface area (Å²) in [5.74, 6) is -0.292. The van der Waals surface area contributed by atoms with Gasteiger partial charge in [0.2, 0.25) is 5.88 Å². The highest BCUT2D eigenvalue weighted by molar-refractivity contribution is 5.94. The molecule has 0 aromatic carbocycles. The first-order valence-electron chi connectivity index (χ1n) is 7.86. The van der Waals surface area contributed by atoms with Crippen LogP contribution in [0.2, 0.25) is 0 Å². The number of carbonyl (C=O) groups is 1. The molecule has 0 aliphatic carbocycles. The highest BCUT2D eigenvalue weighted by atomic mass is 19.3. The molecular formula is C16H20F2N2O3. The van der Waals surface area contributed by atoms with Gasteiger partial charge in [-0.05, 0) is 37.2 Å². The van der Waals surface area contributed by atoms with Gasteiger partial charge in [0.25, 0.3) is 5.91 Å². The van der Waals surface area contributed by atoms with E-state index < -0.39 is 6.61 Å². The lowest BCUT2D eigenvalue weighted by molar-refractivity contribution is -0.0528. The number of amides is 1. The van der Waals surface area contributed by atoms with Crippen molar-refractivity contribution in [1.82, 2.24) is 9.88 Å². The molecule has 0 bridgehead atoms. The minimum Gasteiger partial charge on any atom is -0.417 e. The zero-order chi connectivity index (χ0) is 16.3. The number of hydrogen-bond acceptors (Lipinski definition) is 4. The predicted molar refractivity (Wildman–Crippen MR) is 78.5 cm³/mol. The lowest BCUT2D eigenvalue weighted by Gasteiger charge is -2.44. The number of likely N-dealkylation sites (tertiary alicyclic amines) is 1. The Labute approximate surface area is 133 Å². The summed E-state index contributed by atoms with van der Waals surface area (Å²) in [7, 11) is 0. The van der Waals surface area contributed by atoms with Crippen molar-refractivity contribution in [3.63, 3.8) is 0 Å². The summed E-state index contributed by atoms with van der Waals surface area (Å²) < 4.78 is 33.8. The van der Waals surface area contributed by atoms with Gasteiger partial charge in [-0.1, -0.05) is 0 Å². The van der Waals surface area contributed by atoms with Crippen molar-refractivity contribution in [2.75, 3.05) is 26.3 Å². The zero-order valence-electron chi connectivity index (χ0n) is 12.8. The largest absolute Gasteiger partial charge is 0.417 e. The first-order valence-corrected chi connectivity index (χ1v) is 7.86. The number of carbonyl (C=O) groups excluding carboxylic acids is 1. The maximum absolute atomic E-state index is 12.5. The molecule has 3 rings (SSSR count). The molecule has 2 aliphatic heterocycles. The molecular weight excluding hydrogens is 306 g/mol. The fourth-order valence-electron chi connectivity index (χ4n) is 3.34. The minimum atomic E-state index is -2.91. The third-order valence-corrected chi connectivity index (χ3v) is 4.86. The average molecular weight is 326 g/mol. The Bertz CT molecular complexity index is 535. The van der Waals surface area contributed by atoms with Crippen LogP contribution in [0.15, 0.2) is 18.3 Å². The van der Waals surface area contributed by atoms with Crippen LogP contribution in [0.1, 0.15) is 36.0 Å². The Balaban J connectivity index is 1.58. The van der Waals surface area contributed by atoms with Crippen LogP contribution in [0, 0.1) is 5.41 Å². The second-order valence-corrected chi connectivity index (χ2v) is 6.17. The number of pyridine rings is 1. The molecule has 1 amide bonds. The summed E-state index contributed by atoms with van der Waals surface area (Å²) in [5, 5.41) is 0. The van der Waals surface area contributed by atoms with Crippen molar-refractivity contribution in [3.8, 4) is 5.88 Å². The number of piperidine rings is 1. The lowest BCUT2D eigenvalue weighted by Crippen LogP contribution is -2.45. The van der Waals surface area contributed by atoms with E-state index in [1.54, 1.807) is 0 Å². The summed E-state index contributed by atoms with van der Waals surface area (Å²) in [6, 6.07) is 2.77. The van der Waals surface area contributed by atoms with E-state index in [4.69, 9.17) is 4.74 Å². The first kappa shape index (κ1) is 16.1. The molecule has 1 aromatic rings. The molecule has 7 heteroatoms. The normalized spacial score (nSPS) is 20.7. The van der Waals surface area contributed by atoms with E-state index >= 15 is 0 Å². The van der Waals surface area contributed by atoms with Crippen LogP contribution in [0.3, 0.4) is 0 Å². The van der Waals surface area contributed by atoms with Gasteiger partial charge in [0.1, 0.15) is 0 Å². The fraction of sp³-hybridized carbons (Fsp3) is 0.625. The van der Waals surface area contributed by atoms with E-state index in [1.165, 1.54) is 18.3 Å². The number of alkyl halides is 2. The second kappa shape index (κ2) is 6.78. The quantitative estimate of drug-likeness (QED) is 0.857. The highest BCUT2D eigenvalue weighted by Crippen LogP contribution is 2.40. The maximum atomic E-state index is 12.5. The second-order valence-electron chi connectivity index (χ2n) is 6.17. The molecule has 3 heterocycles. The molecule has 0 unspecified atom stereocenters. The molecule has 23 heavy (non-hydrogen) atoms. The fourth-order valence-corrected chi connectivity index (χ4v) is 3.34. The van der Waals surface area contributed by atoms with Gasteiger partial charge in [0, 0.05) is 38.6 Å². The highest BCUT2D eigenvalue weighted by Gasteiger charge is 2.37. The standard InChI is InChI=1S/C16H20F2N2O3/c17-15(18)23-13-2-1-12(11-19-13)14(21)20-7-3-16(4-8-20)5-9-22-10-6-16/h1-2,11,15H,3-10H2. The molecule has 126 valence electrons. The number of nitrogens with zero attached hydrogens (tertiary/aromatic N) is 2. The number of halogens is 2. The zero-order valence-corrected chi connectivity index (χ0v) is 12.8. The Hall–Kier alpha value is -1.76. The van der Waals surface area contributed by atoms with Crippen molar-refractivity contribution in [2.24, 2.45) is 5.41 Å². The lowest BCUT2D eigenvalue weighted by atomic mass is 9.72. The summed E-state index contributed by atoms with van der Waals surface area (Å²) >= 11 is 0. The topological polar surface area (TPSA) is 51.7 Å². The van der Waals surface area contributed by atoms with Crippen LogP contribution >= 0.6 is 0 Å². The van der Waals surface area contributed by atoms with Gasteiger partial charge in [-0.25, -0.2) is 4.98 Å². The van der Waals surface area contributed by atoms with E-state index in [0.717, 1.165) is 38.9 Å². The minimum absolute atomic E-state index is 0.108. The Morgan fingerprint density at radius 3 is 2.48 bits per heavy atom. The van der Waals surface area contributed by atoms with Crippen LogP contribution in [-0.2, 0) is 4.74 Å². The maximum Gasteiger partial charge on any atom is 0.388 e. The van der Waals surface area contributed by atoms with Crippen molar-refractivity contribution in [3.05, 3.63) is 23.9 Å². The Morgan fingerprint density at radius 1 is 1.22 bits per heavy atom. The van der Waals surface area contributed by atoms with Gasteiger partial charge in [0.15, 0.2) is 0 Å². The van der Waals surface area contributed by atoms with E-state index in [-0.39, 0.29) is 11.8 Å². The van der Waals surface area contributed by atoms with Gasteiger partial charge in [-0.3, -0.25) is 4.79 Å². The molecule has 1 spiro atoms. The number of hydrogen-bond donors (Lipinski definition) is 0. The van der Waals surface area contributed by atoms with Gasteiger partial charge in [0.05, 0.1) is 5.56 Å². The molecule has 2 fully saturated rings. The number of aromatic nitrogens is 1. The third-order valence-electron chi connectivity index (χ3n) is 4.86. The molecule has 1 aromatic heterocycles. The van der Waals surface area contributed by atoms with E-state index in [0.29, 0.717) is 24.1 Å². The smallest absolute Gasteiger partial charge is 0.388 e. The summed E-state index contributed by atoms with van der Waals surface area (Å²) in [4.78, 5) is 18.0. The monoisotopic (exact) mass is 326 g/mol. The van der Waals surface area contributed by atoms with Gasteiger partial charge < -0.3 is 14.4 Å². The molecule has 0 radical (unpaired) electrons. The van der Waals surface area contributed by atoms with Gasteiger partial charge >= 0.3 is 6.61 Å². The van der Waals surface area contributed by atoms with Crippen LogP contribution in [-0.4, -0.2) is 48.7 Å². The van der Waals surface area contributed by atoms with Crippen molar-refractivity contribution in [1.29, 1.82) is 0 Å². The molecule has 0 N–H and O–H groups in total. The average Bonchev–Trinajstić information content (AvgIpc) is 2.56. The van der Waals surface area contributed by atoms with E-state index in [2.05, 4.69) is 9.72 Å². The number of rotatable bonds is 3. The van der Waals surface area contributed by atoms with Gasteiger partial charge in [-0.2, -0.15) is 8.78 Å². The molecule has 5 nitrogen and oxygen atoms in total. The Kier molecular flexibility index (Phi) is 4.75. The summed E-state index contributed by atoms with van der Waals surface area (Å²) in [5.41, 5.74) is 0.719. The first-order chi connectivity index (χ1) is 11.1. The summed E-state index contributed by atoms with van der Waals surface area (Å²) in [6.07, 6.45) is 5.40. The molecule has 2 aliphatic rings. The Morgan fingerprint density at radius 2 is 1.91 bits per heavy atom. The van der Waals surface area contributed by atoms with Crippen molar-refractivity contribution < 1.29 is 23.0 Å². The van der Waals surface area contributed by atoms with Crippen LogP contribution < -0.4 is 4.74 Å². The van der Waals surface area contributed by atoms with Crippen molar-refractivity contribution >= 4 is 5.91 Å². The van der Waals surface area contributed by atoms with Crippen molar-refractivity contribution in [2.45, 2.75) is 32.3 Å². The SMILES string of the molecule is O=C(c1ccc(OC(F)F)nc1)N1CCC2(CCOCC2)CC1. The molecule has 0 saturated carbocycles. The molecule has 0 atom stereocenters. The van der Waals surface area contributed by atoms with Crippen LogP contribution in [0.25, 0.3) is 0 Å². The van der Waals surface area contributed by atoms with E-state index in [9.17, 15) is 13.6 Å². The van der Waals surface area contributed by atoms with Crippen LogP contribution in [0.5, 0.6) is 5.88 Å². The van der Waals surface area contributed by atoms with Crippen LogP contribution in [0.4, 0.5) is 8.78 Å². The molecule has 2 saturated heterocycles.